The van der Waals surface area contributed by atoms with Crippen LogP contribution in [0.15, 0.2) is 59.4 Å². The van der Waals surface area contributed by atoms with Crippen molar-refractivity contribution in [1.29, 1.82) is 0 Å². The van der Waals surface area contributed by atoms with Gasteiger partial charge in [0.15, 0.2) is 0 Å². The quantitative estimate of drug-likeness (QED) is 0.650. The van der Waals surface area contributed by atoms with Gasteiger partial charge in [0.05, 0.1) is 17.3 Å². The van der Waals surface area contributed by atoms with Crippen molar-refractivity contribution in [2.24, 2.45) is 0 Å². The molecule has 0 aliphatic carbocycles. The van der Waals surface area contributed by atoms with E-state index in [2.05, 4.69) is 10.7 Å². The van der Waals surface area contributed by atoms with Gasteiger partial charge in [0.2, 0.25) is 0 Å². The molecule has 0 radical (unpaired) electrons. The average Bonchev–Trinajstić information content (AvgIpc) is 2.72. The molecule has 0 spiro atoms. The van der Waals surface area contributed by atoms with E-state index in [1.165, 1.54) is 4.68 Å². The first-order valence-electron chi connectivity index (χ1n) is 9.82. The van der Waals surface area contributed by atoms with E-state index < -0.39 is 0 Å². The third-order valence-corrected chi connectivity index (χ3v) is 4.99. The topological polar surface area (TPSA) is 63.1 Å². The van der Waals surface area contributed by atoms with Gasteiger partial charge >= 0.3 is 0 Å². The van der Waals surface area contributed by atoms with Gasteiger partial charge in [-0.05, 0) is 31.4 Å². The van der Waals surface area contributed by atoms with Gasteiger partial charge in [0.1, 0.15) is 0 Å². The Morgan fingerprint density at radius 3 is 2.29 bits per heavy atom. The van der Waals surface area contributed by atoms with Crippen LogP contribution in [0.1, 0.15) is 54.3 Å². The lowest BCUT2D eigenvalue weighted by molar-refractivity contribution is 0.0936. The molecule has 5 heteroatoms. The first kappa shape index (κ1) is 19.7. The van der Waals surface area contributed by atoms with Crippen molar-refractivity contribution in [2.75, 3.05) is 12.0 Å². The maximum Gasteiger partial charge on any atom is 0.276 e. The van der Waals surface area contributed by atoms with Crippen LogP contribution in [0.2, 0.25) is 0 Å². The Morgan fingerprint density at radius 1 is 1.00 bits per heavy atom. The predicted octanol–water partition coefficient (Wildman–Crippen LogP) is 4.14. The zero-order valence-electron chi connectivity index (χ0n) is 16.7. The van der Waals surface area contributed by atoms with Crippen LogP contribution in [0.5, 0.6) is 0 Å². The lowest BCUT2D eigenvalue weighted by Crippen LogP contribution is -2.36. The summed E-state index contributed by atoms with van der Waals surface area (Å²) in [5, 5.41) is 4.37. The summed E-state index contributed by atoms with van der Waals surface area (Å²) in [6, 6.07) is 17.1. The number of hydrogen-bond acceptors (Lipinski definition) is 3. The number of benzene rings is 2. The van der Waals surface area contributed by atoms with Gasteiger partial charge in [0, 0.05) is 17.3 Å². The fraction of sp³-hybridized carbons (Fsp3) is 0.304. The van der Waals surface area contributed by atoms with Crippen LogP contribution in [-0.2, 0) is 0 Å². The first-order chi connectivity index (χ1) is 13.6. The number of fused-ring (bicyclic) bond motifs is 1. The highest BCUT2D eigenvalue weighted by Gasteiger charge is 2.21. The summed E-state index contributed by atoms with van der Waals surface area (Å²) in [5.74, 6) is -0.170. The van der Waals surface area contributed by atoms with Gasteiger partial charge < -0.3 is 10.7 Å². The van der Waals surface area contributed by atoms with Crippen molar-refractivity contribution in [3.8, 4) is 0 Å². The maximum atomic E-state index is 13.3. The molecule has 0 aliphatic heterocycles. The van der Waals surface area contributed by atoms with E-state index in [1.54, 1.807) is 6.07 Å². The van der Waals surface area contributed by atoms with Gasteiger partial charge in [-0.3, -0.25) is 9.59 Å². The summed E-state index contributed by atoms with van der Waals surface area (Å²) >= 11 is 0. The molecule has 1 aromatic heterocycles. The van der Waals surface area contributed by atoms with Crippen LogP contribution < -0.4 is 16.3 Å². The molecule has 0 aliphatic rings. The van der Waals surface area contributed by atoms with E-state index in [1.807, 2.05) is 69.3 Å². The second-order valence-corrected chi connectivity index (χ2v) is 6.90. The molecule has 146 valence electrons. The number of hydrogen-bond donors (Lipinski definition) is 2. The third-order valence-electron chi connectivity index (χ3n) is 4.99. The molecule has 2 aromatic carbocycles. The lowest BCUT2D eigenvalue weighted by Gasteiger charge is -2.21. The Balaban J connectivity index is 2.08. The molecule has 3 aromatic rings. The molecule has 0 fully saturated rings. The van der Waals surface area contributed by atoms with Crippen molar-refractivity contribution >= 4 is 16.7 Å². The third kappa shape index (κ3) is 3.79. The molecule has 28 heavy (non-hydrogen) atoms. The van der Waals surface area contributed by atoms with Gasteiger partial charge in [-0.25, -0.2) is 4.68 Å². The van der Waals surface area contributed by atoms with Gasteiger partial charge in [-0.15, -0.1) is 0 Å². The number of nitrogens with one attached hydrogen (secondary N) is 2. The number of rotatable bonds is 7. The normalized spacial score (nSPS) is 12.0. The maximum absolute atomic E-state index is 13.3. The minimum Gasteiger partial charge on any atom is -0.345 e. The number of aromatic nitrogens is 1. The van der Waals surface area contributed by atoms with Crippen LogP contribution in [0.4, 0.5) is 0 Å². The smallest absolute Gasteiger partial charge is 0.276 e. The average molecular weight is 377 g/mol. The summed E-state index contributed by atoms with van der Waals surface area (Å²) < 4.78 is 1.50. The first-order valence-corrected chi connectivity index (χ1v) is 9.82. The summed E-state index contributed by atoms with van der Waals surface area (Å²) in [6.45, 7) is 6.55. The van der Waals surface area contributed by atoms with Crippen molar-refractivity contribution in [2.45, 2.75) is 39.7 Å². The van der Waals surface area contributed by atoms with Crippen molar-refractivity contribution in [1.82, 2.24) is 9.99 Å². The molecule has 0 saturated heterocycles. The van der Waals surface area contributed by atoms with Gasteiger partial charge in [-0.1, -0.05) is 62.4 Å². The molecule has 1 heterocycles. The largest absolute Gasteiger partial charge is 0.345 e. The van der Waals surface area contributed by atoms with E-state index in [0.29, 0.717) is 28.6 Å². The fourth-order valence-electron chi connectivity index (χ4n) is 3.50. The molecule has 2 N–H and O–H groups in total. The van der Waals surface area contributed by atoms with E-state index in [4.69, 9.17) is 0 Å². The monoisotopic (exact) mass is 377 g/mol. The Kier molecular flexibility index (Phi) is 6.14. The van der Waals surface area contributed by atoms with Crippen LogP contribution >= 0.6 is 0 Å². The Morgan fingerprint density at radius 2 is 1.64 bits per heavy atom. The SMILES string of the molecule is CCCNn1c(C)c(C(=O)N[C@@H](CC)c2ccccc2)c2ccccc2c1=O. The molecule has 1 atom stereocenters. The predicted molar refractivity (Wildman–Crippen MR) is 114 cm³/mol. The van der Waals surface area contributed by atoms with Gasteiger partial charge in [0.25, 0.3) is 11.5 Å². The molecule has 0 unspecified atom stereocenters. The summed E-state index contributed by atoms with van der Waals surface area (Å²) in [7, 11) is 0. The molecule has 5 nitrogen and oxygen atoms in total. The van der Waals surface area contributed by atoms with Crippen LogP contribution in [-0.4, -0.2) is 17.1 Å². The van der Waals surface area contributed by atoms with Crippen LogP contribution in [0.25, 0.3) is 10.8 Å². The second kappa shape index (κ2) is 8.74. The minimum atomic E-state index is -0.170. The fourth-order valence-corrected chi connectivity index (χ4v) is 3.50. The Hall–Kier alpha value is -3.08. The van der Waals surface area contributed by atoms with Crippen LogP contribution in [0, 0.1) is 6.92 Å². The Labute approximate surface area is 165 Å². The van der Waals surface area contributed by atoms with Crippen molar-refractivity contribution in [3.05, 3.63) is 81.8 Å². The summed E-state index contributed by atoms with van der Waals surface area (Å²) in [6.07, 6.45) is 1.66. The molecule has 0 saturated carbocycles. The number of carbonyl (C=O) groups excluding carboxylic acids is 1. The number of carbonyl (C=O) groups is 1. The summed E-state index contributed by atoms with van der Waals surface area (Å²) in [4.78, 5) is 26.2. The zero-order valence-corrected chi connectivity index (χ0v) is 16.7. The van der Waals surface area contributed by atoms with Crippen molar-refractivity contribution < 1.29 is 4.79 Å². The van der Waals surface area contributed by atoms with Crippen molar-refractivity contribution in [3.63, 3.8) is 0 Å². The molecule has 0 bridgehead atoms. The summed E-state index contributed by atoms with van der Waals surface area (Å²) in [5.41, 5.74) is 5.24. The standard InChI is InChI=1S/C23H27N3O2/c1-4-15-24-26-16(3)21(18-13-9-10-14-19(18)23(26)28)22(27)25-20(5-2)17-11-7-6-8-12-17/h6-14,20,24H,4-5,15H2,1-3H3,(H,25,27)/t20-/m0/s1. The van der Waals surface area contributed by atoms with E-state index >= 15 is 0 Å². The molecule has 3 rings (SSSR count). The molecule has 1 amide bonds. The highest BCUT2D eigenvalue weighted by Crippen LogP contribution is 2.22. The zero-order chi connectivity index (χ0) is 20.1. The highest BCUT2D eigenvalue weighted by molar-refractivity contribution is 6.07. The van der Waals surface area contributed by atoms with Gasteiger partial charge in [-0.2, -0.15) is 0 Å². The number of nitrogens with zero attached hydrogens (tertiary/aromatic N) is 1. The minimum absolute atomic E-state index is 0.0872. The lowest BCUT2D eigenvalue weighted by atomic mass is 10.0. The van der Waals surface area contributed by atoms with E-state index in [-0.39, 0.29) is 17.5 Å². The van der Waals surface area contributed by atoms with E-state index in [9.17, 15) is 9.59 Å². The molecular weight excluding hydrogens is 350 g/mol. The van der Waals surface area contributed by atoms with E-state index in [0.717, 1.165) is 18.4 Å². The number of amides is 1. The van der Waals surface area contributed by atoms with Crippen LogP contribution in [0.3, 0.4) is 0 Å². The molecular formula is C23H27N3O2. The number of pyridine rings is 1. The Bertz CT molecular complexity index is 1030. The second-order valence-electron chi connectivity index (χ2n) is 6.90. The highest BCUT2D eigenvalue weighted by atomic mass is 16.2.